The standard InChI is InChI=1S/C26H30N6O2/c1-3-10-32(11-4-2)26(34)21-13-19-7-8-20(14-23(19)31-24(28)15-21)25(33)30-22-12-18(6-5-9-27)16-29-17-22/h7-8,12-14,16-17H,3-4,9-11,15,27H2,1-2H3,(H2,28,31)(H,30,33). The van der Waals surface area contributed by atoms with E-state index in [4.69, 9.17) is 11.5 Å². The Hall–Kier alpha value is -3.96. The van der Waals surface area contributed by atoms with Crippen molar-refractivity contribution < 1.29 is 9.59 Å². The Morgan fingerprint density at radius 3 is 2.62 bits per heavy atom. The first-order chi connectivity index (χ1) is 16.4. The highest BCUT2D eigenvalue weighted by Gasteiger charge is 2.21. The Bertz CT molecular complexity index is 1180. The Morgan fingerprint density at radius 2 is 1.91 bits per heavy atom. The van der Waals surface area contributed by atoms with Gasteiger partial charge in [-0.3, -0.25) is 14.6 Å². The van der Waals surface area contributed by atoms with Gasteiger partial charge < -0.3 is 21.7 Å². The molecular weight excluding hydrogens is 428 g/mol. The molecule has 5 N–H and O–H groups in total. The van der Waals surface area contributed by atoms with Gasteiger partial charge in [0.1, 0.15) is 5.84 Å². The minimum absolute atomic E-state index is 0.0263. The maximum absolute atomic E-state index is 13.1. The molecule has 0 fully saturated rings. The Kier molecular flexibility index (Phi) is 8.54. The number of carbonyl (C=O) groups excluding carboxylic acids is 2. The third-order valence-electron chi connectivity index (χ3n) is 5.14. The number of nitrogens with one attached hydrogen (secondary N) is 1. The van der Waals surface area contributed by atoms with E-state index in [1.807, 2.05) is 11.0 Å². The van der Waals surface area contributed by atoms with Crippen LogP contribution in [0.2, 0.25) is 0 Å². The third-order valence-corrected chi connectivity index (χ3v) is 5.14. The van der Waals surface area contributed by atoms with Crippen molar-refractivity contribution in [3.63, 3.8) is 0 Å². The molecule has 176 valence electrons. The van der Waals surface area contributed by atoms with Crippen molar-refractivity contribution in [3.8, 4) is 11.8 Å². The van der Waals surface area contributed by atoms with E-state index in [0.717, 1.165) is 18.4 Å². The molecule has 0 aliphatic carbocycles. The van der Waals surface area contributed by atoms with Crippen molar-refractivity contribution in [2.75, 3.05) is 25.0 Å². The summed E-state index contributed by atoms with van der Waals surface area (Å²) >= 11 is 0. The molecular formula is C26H30N6O2. The number of aromatic nitrogens is 1. The molecule has 0 spiro atoms. The fraction of sp³-hybridized carbons (Fsp3) is 0.308. The fourth-order valence-corrected chi connectivity index (χ4v) is 3.66. The molecule has 2 amide bonds. The topological polar surface area (TPSA) is 127 Å². The molecule has 0 unspecified atom stereocenters. The van der Waals surface area contributed by atoms with E-state index >= 15 is 0 Å². The van der Waals surface area contributed by atoms with Crippen LogP contribution in [0.15, 0.2) is 47.2 Å². The van der Waals surface area contributed by atoms with Gasteiger partial charge in [0.25, 0.3) is 5.91 Å². The summed E-state index contributed by atoms with van der Waals surface area (Å²) in [7, 11) is 0. The third kappa shape index (κ3) is 6.30. The van der Waals surface area contributed by atoms with Crippen molar-refractivity contribution in [1.29, 1.82) is 0 Å². The zero-order chi connectivity index (χ0) is 24.5. The highest BCUT2D eigenvalue weighted by atomic mass is 16.2. The monoisotopic (exact) mass is 458 g/mol. The van der Waals surface area contributed by atoms with Gasteiger partial charge in [-0.05, 0) is 37.1 Å². The van der Waals surface area contributed by atoms with Gasteiger partial charge in [0, 0.05) is 48.0 Å². The maximum Gasteiger partial charge on any atom is 0.255 e. The lowest BCUT2D eigenvalue weighted by atomic mass is 10.0. The second-order valence-corrected chi connectivity index (χ2v) is 7.94. The van der Waals surface area contributed by atoms with Gasteiger partial charge in [-0.15, -0.1) is 0 Å². The largest absolute Gasteiger partial charge is 0.387 e. The number of anilines is 1. The van der Waals surface area contributed by atoms with Crippen molar-refractivity contribution in [3.05, 3.63) is 58.9 Å². The summed E-state index contributed by atoms with van der Waals surface area (Å²) in [6.45, 7) is 5.73. The quantitative estimate of drug-likeness (QED) is 0.550. The van der Waals surface area contributed by atoms with E-state index < -0.39 is 0 Å². The SMILES string of the molecule is CCCN(CCC)C(=O)C1=Cc2ccc(C(=O)Nc3cncc(C#CCN)c3)cc2N=C(N)C1. The number of fused-ring (bicyclic) bond motifs is 1. The number of benzene rings is 1. The summed E-state index contributed by atoms with van der Waals surface area (Å²) in [6.07, 6.45) is 7.01. The van der Waals surface area contributed by atoms with E-state index in [-0.39, 0.29) is 24.8 Å². The van der Waals surface area contributed by atoms with Gasteiger partial charge >= 0.3 is 0 Å². The van der Waals surface area contributed by atoms with E-state index in [1.165, 1.54) is 0 Å². The lowest BCUT2D eigenvalue weighted by molar-refractivity contribution is -0.127. The van der Waals surface area contributed by atoms with Gasteiger partial charge in [0.2, 0.25) is 5.91 Å². The van der Waals surface area contributed by atoms with Crippen LogP contribution < -0.4 is 16.8 Å². The van der Waals surface area contributed by atoms with Gasteiger partial charge in [-0.1, -0.05) is 31.8 Å². The smallest absolute Gasteiger partial charge is 0.255 e. The van der Waals surface area contributed by atoms with Crippen molar-refractivity contribution >= 4 is 35.1 Å². The molecule has 8 nitrogen and oxygen atoms in total. The molecule has 0 saturated heterocycles. The molecule has 0 atom stereocenters. The molecule has 1 aromatic carbocycles. The number of aliphatic imine (C=N–C) groups is 1. The molecule has 2 aromatic rings. The van der Waals surface area contributed by atoms with Crippen LogP contribution in [0.3, 0.4) is 0 Å². The molecule has 1 aliphatic heterocycles. The van der Waals surface area contributed by atoms with Gasteiger partial charge in [0.15, 0.2) is 0 Å². The van der Waals surface area contributed by atoms with E-state index in [2.05, 4.69) is 41.0 Å². The lowest BCUT2D eigenvalue weighted by Crippen LogP contribution is -2.34. The van der Waals surface area contributed by atoms with Crippen LogP contribution in [0.4, 0.5) is 11.4 Å². The first-order valence-corrected chi connectivity index (χ1v) is 11.4. The van der Waals surface area contributed by atoms with E-state index in [0.29, 0.717) is 47.0 Å². The zero-order valence-corrected chi connectivity index (χ0v) is 19.6. The normalized spacial score (nSPS) is 12.3. The number of nitrogens with zero attached hydrogens (tertiary/aromatic N) is 3. The second-order valence-electron chi connectivity index (χ2n) is 7.94. The molecule has 8 heteroatoms. The molecule has 2 heterocycles. The highest BCUT2D eigenvalue weighted by molar-refractivity contribution is 6.07. The number of pyridine rings is 1. The minimum Gasteiger partial charge on any atom is -0.387 e. The zero-order valence-electron chi connectivity index (χ0n) is 19.6. The van der Waals surface area contributed by atoms with Crippen LogP contribution in [-0.2, 0) is 4.79 Å². The summed E-state index contributed by atoms with van der Waals surface area (Å²) in [6, 6.07) is 6.88. The Morgan fingerprint density at radius 1 is 1.15 bits per heavy atom. The average Bonchev–Trinajstić information content (AvgIpc) is 2.99. The number of hydrogen-bond donors (Lipinski definition) is 3. The predicted octanol–water partition coefficient (Wildman–Crippen LogP) is 3.07. The summed E-state index contributed by atoms with van der Waals surface area (Å²) in [4.78, 5) is 36.4. The summed E-state index contributed by atoms with van der Waals surface area (Å²) in [5.74, 6) is 5.64. The predicted molar refractivity (Wildman–Crippen MR) is 136 cm³/mol. The number of rotatable bonds is 7. The number of carbonyl (C=O) groups is 2. The Labute approximate surface area is 200 Å². The van der Waals surface area contributed by atoms with Crippen molar-refractivity contribution in [1.82, 2.24) is 9.88 Å². The van der Waals surface area contributed by atoms with Crippen LogP contribution >= 0.6 is 0 Å². The van der Waals surface area contributed by atoms with E-state index in [1.54, 1.807) is 36.7 Å². The van der Waals surface area contributed by atoms with Crippen LogP contribution in [0.5, 0.6) is 0 Å². The number of nitrogens with two attached hydrogens (primary N) is 2. The van der Waals surface area contributed by atoms with Gasteiger partial charge in [0.05, 0.1) is 24.1 Å². The van der Waals surface area contributed by atoms with Crippen molar-refractivity contribution in [2.45, 2.75) is 33.1 Å². The molecule has 0 radical (unpaired) electrons. The Balaban J connectivity index is 1.85. The summed E-state index contributed by atoms with van der Waals surface area (Å²) in [5, 5.41) is 2.82. The van der Waals surface area contributed by atoms with Crippen LogP contribution in [-0.4, -0.2) is 47.2 Å². The highest BCUT2D eigenvalue weighted by Crippen LogP contribution is 2.29. The van der Waals surface area contributed by atoms with Gasteiger partial charge in [-0.25, -0.2) is 4.99 Å². The number of hydrogen-bond acceptors (Lipinski definition) is 6. The summed E-state index contributed by atoms with van der Waals surface area (Å²) in [5.41, 5.74) is 15.0. The molecule has 0 bridgehead atoms. The van der Waals surface area contributed by atoms with Crippen LogP contribution in [0.1, 0.15) is 54.6 Å². The first-order valence-electron chi connectivity index (χ1n) is 11.4. The van der Waals surface area contributed by atoms with Gasteiger partial charge in [-0.2, -0.15) is 0 Å². The first kappa shape index (κ1) is 24.7. The molecule has 3 rings (SSSR count). The maximum atomic E-state index is 13.1. The fourth-order valence-electron chi connectivity index (χ4n) is 3.66. The van der Waals surface area contributed by atoms with Crippen LogP contribution in [0, 0.1) is 11.8 Å². The van der Waals surface area contributed by atoms with Crippen LogP contribution in [0.25, 0.3) is 6.08 Å². The minimum atomic E-state index is -0.316. The van der Waals surface area contributed by atoms with E-state index in [9.17, 15) is 9.59 Å². The summed E-state index contributed by atoms with van der Waals surface area (Å²) < 4.78 is 0. The lowest BCUT2D eigenvalue weighted by Gasteiger charge is -2.22. The number of amidine groups is 1. The molecule has 0 saturated carbocycles. The molecule has 34 heavy (non-hydrogen) atoms. The average molecular weight is 459 g/mol. The second kappa shape index (κ2) is 11.8. The van der Waals surface area contributed by atoms with Crippen molar-refractivity contribution in [2.24, 2.45) is 16.5 Å². The number of amides is 2. The molecule has 1 aromatic heterocycles. The molecule has 1 aliphatic rings.